The van der Waals surface area contributed by atoms with Gasteiger partial charge >= 0.3 is 6.61 Å². The van der Waals surface area contributed by atoms with Gasteiger partial charge in [-0.05, 0) is 36.8 Å². The normalized spacial score (nSPS) is 10.4. The number of ether oxygens (including phenoxy) is 1. The van der Waals surface area contributed by atoms with E-state index >= 15 is 0 Å². The van der Waals surface area contributed by atoms with Gasteiger partial charge in [0, 0.05) is 11.3 Å². The van der Waals surface area contributed by atoms with Gasteiger partial charge in [0.05, 0.1) is 0 Å². The Morgan fingerprint density at radius 2 is 1.90 bits per heavy atom. The number of amides is 1. The van der Waals surface area contributed by atoms with Crippen LogP contribution in [-0.2, 0) is 0 Å². The number of hydrogen-bond donors (Lipinski definition) is 1. The van der Waals surface area contributed by atoms with Gasteiger partial charge in [-0.3, -0.25) is 4.79 Å². The number of hydrogen-bond acceptors (Lipinski definition) is 2. The van der Waals surface area contributed by atoms with Crippen LogP contribution in [0.15, 0.2) is 48.5 Å². The van der Waals surface area contributed by atoms with Crippen molar-refractivity contribution in [2.75, 3.05) is 5.32 Å². The molecule has 0 atom stereocenters. The molecule has 20 heavy (non-hydrogen) atoms. The van der Waals surface area contributed by atoms with Gasteiger partial charge in [-0.15, -0.1) is 0 Å². The lowest BCUT2D eigenvalue weighted by atomic mass is 10.1. The minimum Gasteiger partial charge on any atom is -0.435 e. The molecule has 1 N–H and O–H groups in total. The molecule has 1 amide bonds. The molecule has 0 unspecified atom stereocenters. The molecular formula is C15H13F2NO2. The fourth-order valence-corrected chi connectivity index (χ4v) is 1.72. The van der Waals surface area contributed by atoms with Crippen LogP contribution < -0.4 is 10.1 Å². The van der Waals surface area contributed by atoms with Crippen molar-refractivity contribution in [1.82, 2.24) is 0 Å². The number of halogens is 2. The van der Waals surface area contributed by atoms with Crippen LogP contribution in [0, 0.1) is 6.92 Å². The number of carbonyl (C=O) groups is 1. The molecule has 0 heterocycles. The molecule has 104 valence electrons. The average molecular weight is 277 g/mol. The van der Waals surface area contributed by atoms with E-state index in [0.29, 0.717) is 5.69 Å². The summed E-state index contributed by atoms with van der Waals surface area (Å²) in [4.78, 5) is 12.1. The first kappa shape index (κ1) is 14.0. The highest BCUT2D eigenvalue weighted by Crippen LogP contribution is 2.18. The summed E-state index contributed by atoms with van der Waals surface area (Å²) in [5, 5.41) is 2.73. The van der Waals surface area contributed by atoms with E-state index in [1.165, 1.54) is 24.3 Å². The molecule has 2 aromatic rings. The maximum Gasteiger partial charge on any atom is 0.387 e. The zero-order valence-corrected chi connectivity index (χ0v) is 10.8. The van der Waals surface area contributed by atoms with Crippen molar-refractivity contribution in [2.45, 2.75) is 13.5 Å². The highest BCUT2D eigenvalue weighted by atomic mass is 19.3. The second kappa shape index (κ2) is 6.14. The summed E-state index contributed by atoms with van der Waals surface area (Å²) in [7, 11) is 0. The van der Waals surface area contributed by atoms with Crippen LogP contribution in [0.4, 0.5) is 14.5 Å². The van der Waals surface area contributed by atoms with Gasteiger partial charge in [-0.25, -0.2) is 0 Å². The molecule has 0 radical (unpaired) electrons. The summed E-state index contributed by atoms with van der Waals surface area (Å²) in [5.41, 5.74) is 1.85. The number of aryl methyl sites for hydroxylation is 1. The van der Waals surface area contributed by atoms with Crippen LogP contribution >= 0.6 is 0 Å². The average Bonchev–Trinajstić information content (AvgIpc) is 2.41. The number of anilines is 1. The minimum atomic E-state index is -2.91. The predicted molar refractivity (Wildman–Crippen MR) is 72.2 cm³/mol. The quantitative estimate of drug-likeness (QED) is 0.921. The Bertz CT molecular complexity index is 614. The zero-order chi connectivity index (χ0) is 14.5. The summed E-state index contributed by atoms with van der Waals surface area (Å²) >= 11 is 0. The van der Waals surface area contributed by atoms with Gasteiger partial charge in [-0.1, -0.05) is 24.3 Å². The minimum absolute atomic E-state index is 0.0440. The van der Waals surface area contributed by atoms with Gasteiger partial charge in [0.2, 0.25) is 0 Å². The Balaban J connectivity index is 2.15. The van der Waals surface area contributed by atoms with Crippen molar-refractivity contribution in [2.24, 2.45) is 0 Å². The predicted octanol–water partition coefficient (Wildman–Crippen LogP) is 3.85. The van der Waals surface area contributed by atoms with E-state index in [1.807, 2.05) is 19.1 Å². The molecule has 0 fully saturated rings. The summed E-state index contributed by atoms with van der Waals surface area (Å²) in [5.74, 6) is -0.420. The van der Waals surface area contributed by atoms with Gasteiger partial charge in [0.15, 0.2) is 0 Å². The van der Waals surface area contributed by atoms with Crippen LogP contribution in [-0.4, -0.2) is 12.5 Å². The first-order chi connectivity index (χ1) is 9.56. The van der Waals surface area contributed by atoms with E-state index in [-0.39, 0.29) is 17.2 Å². The van der Waals surface area contributed by atoms with Crippen molar-refractivity contribution in [3.63, 3.8) is 0 Å². The lowest BCUT2D eigenvalue weighted by Crippen LogP contribution is -2.13. The van der Waals surface area contributed by atoms with Crippen molar-refractivity contribution in [3.05, 3.63) is 59.7 Å². The second-order valence-electron chi connectivity index (χ2n) is 4.18. The van der Waals surface area contributed by atoms with Crippen LogP contribution in [0.25, 0.3) is 0 Å². The van der Waals surface area contributed by atoms with Crippen LogP contribution in [0.5, 0.6) is 5.75 Å². The maximum absolute atomic E-state index is 12.1. The third-order valence-electron chi connectivity index (χ3n) is 2.71. The third kappa shape index (κ3) is 3.54. The zero-order valence-electron chi connectivity index (χ0n) is 10.8. The molecule has 0 aliphatic carbocycles. The Hall–Kier alpha value is -2.43. The van der Waals surface area contributed by atoms with E-state index < -0.39 is 6.61 Å². The van der Waals surface area contributed by atoms with E-state index in [0.717, 1.165) is 5.56 Å². The molecule has 0 saturated heterocycles. The Morgan fingerprint density at radius 3 is 2.60 bits per heavy atom. The molecule has 0 aromatic heterocycles. The summed E-state index contributed by atoms with van der Waals surface area (Å²) in [6.07, 6.45) is 0. The van der Waals surface area contributed by atoms with Crippen molar-refractivity contribution < 1.29 is 18.3 Å². The SMILES string of the molecule is Cc1ccccc1NC(=O)c1cccc(OC(F)F)c1. The molecular weight excluding hydrogens is 264 g/mol. The highest BCUT2D eigenvalue weighted by Gasteiger charge is 2.10. The number of para-hydroxylation sites is 1. The van der Waals surface area contributed by atoms with Crippen LogP contribution in [0.1, 0.15) is 15.9 Å². The molecule has 0 aliphatic rings. The van der Waals surface area contributed by atoms with Gasteiger partial charge in [-0.2, -0.15) is 8.78 Å². The summed E-state index contributed by atoms with van der Waals surface area (Å²) in [6.45, 7) is -1.05. The molecule has 0 bridgehead atoms. The summed E-state index contributed by atoms with van der Waals surface area (Å²) in [6, 6.07) is 13.0. The lowest BCUT2D eigenvalue weighted by molar-refractivity contribution is -0.0498. The largest absolute Gasteiger partial charge is 0.435 e. The van der Waals surface area contributed by atoms with Gasteiger partial charge < -0.3 is 10.1 Å². The smallest absolute Gasteiger partial charge is 0.387 e. The standard InChI is InChI=1S/C15H13F2NO2/c1-10-5-2-3-8-13(10)18-14(19)11-6-4-7-12(9-11)20-15(16)17/h2-9,15H,1H3,(H,18,19). The molecule has 0 aliphatic heterocycles. The first-order valence-corrected chi connectivity index (χ1v) is 5.98. The lowest BCUT2D eigenvalue weighted by Gasteiger charge is -2.09. The van der Waals surface area contributed by atoms with Gasteiger partial charge in [0.1, 0.15) is 5.75 Å². The Kier molecular flexibility index (Phi) is 4.30. The molecule has 2 rings (SSSR count). The van der Waals surface area contributed by atoms with Crippen molar-refractivity contribution in [1.29, 1.82) is 0 Å². The number of carbonyl (C=O) groups excluding carboxylic acids is 1. The first-order valence-electron chi connectivity index (χ1n) is 5.98. The topological polar surface area (TPSA) is 38.3 Å². The molecule has 3 nitrogen and oxygen atoms in total. The van der Waals surface area contributed by atoms with E-state index in [9.17, 15) is 13.6 Å². The molecule has 0 saturated carbocycles. The number of benzene rings is 2. The van der Waals surface area contributed by atoms with Crippen molar-refractivity contribution in [3.8, 4) is 5.75 Å². The van der Waals surface area contributed by atoms with E-state index in [4.69, 9.17) is 0 Å². The molecule has 2 aromatic carbocycles. The summed E-state index contributed by atoms with van der Waals surface area (Å²) < 4.78 is 28.5. The van der Waals surface area contributed by atoms with Crippen LogP contribution in [0.3, 0.4) is 0 Å². The molecule has 0 spiro atoms. The monoisotopic (exact) mass is 277 g/mol. The maximum atomic E-state index is 12.1. The number of rotatable bonds is 4. The highest BCUT2D eigenvalue weighted by molar-refractivity contribution is 6.04. The second-order valence-corrected chi connectivity index (χ2v) is 4.18. The Morgan fingerprint density at radius 1 is 1.15 bits per heavy atom. The fraction of sp³-hybridized carbons (Fsp3) is 0.133. The van der Waals surface area contributed by atoms with Gasteiger partial charge in [0.25, 0.3) is 5.91 Å². The number of nitrogens with one attached hydrogen (secondary N) is 1. The Labute approximate surface area is 115 Å². The van der Waals surface area contributed by atoms with Crippen LogP contribution in [0.2, 0.25) is 0 Å². The molecule has 5 heteroatoms. The van der Waals surface area contributed by atoms with Crippen molar-refractivity contribution >= 4 is 11.6 Å². The fourth-order valence-electron chi connectivity index (χ4n) is 1.72. The van der Waals surface area contributed by atoms with E-state index in [1.54, 1.807) is 12.1 Å². The van der Waals surface area contributed by atoms with E-state index in [2.05, 4.69) is 10.1 Å². The third-order valence-corrected chi connectivity index (χ3v) is 2.71. The number of alkyl halides is 2.